The van der Waals surface area contributed by atoms with E-state index in [0.717, 1.165) is 16.8 Å². The molecular weight excluding hydrogens is 927 g/mol. The molecule has 0 amide bonds. The number of pyridine rings is 1. The molecule has 0 aliphatic heterocycles. The van der Waals surface area contributed by atoms with Crippen LogP contribution in [0.3, 0.4) is 0 Å². The normalized spacial score (nSPS) is 12.1. The fourth-order valence-corrected chi connectivity index (χ4v) is 18.6. The number of rotatable bonds is 5. The SMILES string of the molecule is c1ccc([Si](c2ccccc2)(c2ccc3c(c2)-c2ccccc2-c2ccccc2-c2cc(-c4cccc5c4sc4ccccc45)ccc2-3)c2ccc3c(c2)-c2ccccc2-c2ccccc2-c2ncccc2-3)cc1. The summed E-state index contributed by atoms with van der Waals surface area (Å²) in [4.78, 5) is 5.10. The van der Waals surface area contributed by atoms with Crippen LogP contribution in [0.2, 0.25) is 0 Å². The van der Waals surface area contributed by atoms with Gasteiger partial charge in [-0.15, -0.1) is 11.3 Å². The van der Waals surface area contributed by atoms with Crippen LogP contribution in [0.25, 0.3) is 120 Å². The average molecular weight is 972 g/mol. The molecule has 0 atom stereocenters. The highest BCUT2D eigenvalue weighted by molar-refractivity contribution is 7.26. The molecule has 0 fully saturated rings. The van der Waals surface area contributed by atoms with E-state index in [4.69, 9.17) is 4.98 Å². The van der Waals surface area contributed by atoms with Crippen molar-refractivity contribution >= 4 is 60.3 Å². The molecule has 2 aromatic heterocycles. The van der Waals surface area contributed by atoms with Gasteiger partial charge in [0.2, 0.25) is 0 Å². The number of hydrogen-bond acceptors (Lipinski definition) is 2. The number of aromatic nitrogens is 1. The molecule has 0 N–H and O–H groups in total. The molecule has 2 heterocycles. The summed E-state index contributed by atoms with van der Waals surface area (Å²) in [6.07, 6.45) is 1.93. The van der Waals surface area contributed by atoms with E-state index in [1.807, 2.05) is 17.5 Å². The first-order valence-corrected chi connectivity index (χ1v) is 28.3. The largest absolute Gasteiger partial charge is 0.256 e. The lowest BCUT2D eigenvalue weighted by atomic mass is 9.80. The summed E-state index contributed by atoms with van der Waals surface area (Å²) in [6, 6.07) is 101. The fraction of sp³-hybridized carbons (Fsp3) is 0. The highest BCUT2D eigenvalue weighted by Crippen LogP contribution is 2.50. The van der Waals surface area contributed by atoms with E-state index < -0.39 is 8.07 Å². The van der Waals surface area contributed by atoms with Gasteiger partial charge >= 0.3 is 0 Å². The average Bonchev–Trinajstić information content (AvgIpc) is 3.87. The van der Waals surface area contributed by atoms with Gasteiger partial charge in [-0.3, -0.25) is 4.98 Å². The van der Waals surface area contributed by atoms with Gasteiger partial charge in [-0.05, 0) is 122 Å². The van der Waals surface area contributed by atoms with E-state index in [9.17, 15) is 0 Å². The van der Waals surface area contributed by atoms with Crippen LogP contribution in [0.15, 0.2) is 273 Å². The third-order valence-electron chi connectivity index (χ3n) is 15.9. The Morgan fingerprint density at radius 2 is 0.662 bits per heavy atom. The molecule has 0 unspecified atom stereocenters. The third kappa shape index (κ3) is 6.44. The second-order valence-electron chi connectivity index (χ2n) is 19.6. The zero-order chi connectivity index (χ0) is 48.7. The van der Waals surface area contributed by atoms with Crippen LogP contribution in [-0.4, -0.2) is 13.1 Å². The fourth-order valence-electron chi connectivity index (χ4n) is 12.6. The van der Waals surface area contributed by atoms with Crippen LogP contribution in [-0.2, 0) is 0 Å². The molecule has 0 radical (unpaired) electrons. The van der Waals surface area contributed by atoms with Crippen molar-refractivity contribution in [3.8, 4) is 100 Å². The standard InChI is InChI=1S/C71H45NSSi/c1-3-19-47(20-4-1)74(48-21-5-2-6-22-48,50-38-41-61-64-34-18-42-72-70(64)63-31-14-13-26-55(63)54-25-9-12-29-58(54)68(61)45-50)49-37-40-60-59-39-36-46(51-32-17-33-65-62-30-15-16-35-69(62)73-71(51)65)43-66(59)56-27-10-7-23-52(56)53-24-8-11-28-57(53)67(60)44-49/h1-45H. The Hall–Kier alpha value is -8.99. The summed E-state index contributed by atoms with van der Waals surface area (Å²) in [5.41, 5.74) is 21.7. The molecular formula is C71H45NSSi. The molecule has 0 bridgehead atoms. The lowest BCUT2D eigenvalue weighted by molar-refractivity contribution is 1.32. The molecule has 344 valence electrons. The molecule has 2 aliphatic carbocycles. The molecule has 2 aliphatic rings. The summed E-state index contributed by atoms with van der Waals surface area (Å²) in [6.45, 7) is 0. The number of fused-ring (bicyclic) bond motifs is 19. The molecule has 0 spiro atoms. The first-order chi connectivity index (χ1) is 36.7. The summed E-state index contributed by atoms with van der Waals surface area (Å²) < 4.78 is 2.65. The van der Waals surface area contributed by atoms with Gasteiger partial charge in [-0.2, -0.15) is 0 Å². The van der Waals surface area contributed by atoms with Crippen molar-refractivity contribution in [3.05, 3.63) is 273 Å². The Labute approximate surface area is 436 Å². The molecule has 15 rings (SSSR count). The number of thiophene rings is 1. The summed E-state index contributed by atoms with van der Waals surface area (Å²) >= 11 is 1.89. The van der Waals surface area contributed by atoms with Crippen molar-refractivity contribution in [2.24, 2.45) is 0 Å². The third-order valence-corrected chi connectivity index (χ3v) is 21.8. The first-order valence-electron chi connectivity index (χ1n) is 25.5. The number of nitrogens with zero attached hydrogens (tertiary/aromatic N) is 1. The second-order valence-corrected chi connectivity index (χ2v) is 24.5. The van der Waals surface area contributed by atoms with Crippen molar-refractivity contribution in [3.63, 3.8) is 0 Å². The maximum absolute atomic E-state index is 5.10. The minimum atomic E-state index is -3.15. The smallest absolute Gasteiger partial charge is 0.179 e. The summed E-state index contributed by atoms with van der Waals surface area (Å²) in [5.74, 6) is 0. The lowest BCUT2D eigenvalue weighted by Gasteiger charge is -2.36. The summed E-state index contributed by atoms with van der Waals surface area (Å²) in [5, 5.41) is 7.96. The Morgan fingerprint density at radius 3 is 1.24 bits per heavy atom. The minimum absolute atomic E-state index is 1.01. The minimum Gasteiger partial charge on any atom is -0.256 e. The van der Waals surface area contributed by atoms with Gasteiger partial charge in [-0.25, -0.2) is 0 Å². The molecule has 0 saturated heterocycles. The van der Waals surface area contributed by atoms with Crippen molar-refractivity contribution in [2.75, 3.05) is 0 Å². The van der Waals surface area contributed by atoms with E-state index in [0.29, 0.717) is 0 Å². The molecule has 13 aromatic rings. The van der Waals surface area contributed by atoms with Gasteiger partial charge in [0.05, 0.1) is 5.69 Å². The van der Waals surface area contributed by atoms with Crippen LogP contribution >= 0.6 is 11.3 Å². The Kier molecular flexibility index (Phi) is 9.84. The maximum atomic E-state index is 5.10. The highest BCUT2D eigenvalue weighted by Gasteiger charge is 2.43. The zero-order valence-electron chi connectivity index (χ0n) is 40.3. The van der Waals surface area contributed by atoms with E-state index in [1.165, 1.54) is 124 Å². The zero-order valence-corrected chi connectivity index (χ0v) is 42.2. The quantitative estimate of drug-likeness (QED) is 0.124. The molecule has 74 heavy (non-hydrogen) atoms. The first kappa shape index (κ1) is 42.7. The number of benzene rings is 11. The van der Waals surface area contributed by atoms with Gasteiger partial charge in [-0.1, -0.05) is 249 Å². The predicted octanol–water partition coefficient (Wildman–Crippen LogP) is 16.5. The summed E-state index contributed by atoms with van der Waals surface area (Å²) in [7, 11) is -3.15. The Balaban J connectivity index is 1.01. The van der Waals surface area contributed by atoms with E-state index in [2.05, 4.69) is 267 Å². The maximum Gasteiger partial charge on any atom is 0.179 e. The monoisotopic (exact) mass is 971 g/mol. The van der Waals surface area contributed by atoms with Crippen LogP contribution in [0.4, 0.5) is 0 Å². The van der Waals surface area contributed by atoms with Crippen LogP contribution in [0.5, 0.6) is 0 Å². The molecule has 0 saturated carbocycles. The Bertz CT molecular complexity index is 4330. The molecule has 3 heteroatoms. The Morgan fingerprint density at radius 1 is 0.257 bits per heavy atom. The van der Waals surface area contributed by atoms with Crippen LogP contribution in [0.1, 0.15) is 0 Å². The van der Waals surface area contributed by atoms with Crippen molar-refractivity contribution < 1.29 is 0 Å². The van der Waals surface area contributed by atoms with E-state index >= 15 is 0 Å². The highest BCUT2D eigenvalue weighted by atomic mass is 32.1. The van der Waals surface area contributed by atoms with Crippen molar-refractivity contribution in [1.29, 1.82) is 0 Å². The van der Waals surface area contributed by atoms with Gasteiger partial charge in [0, 0.05) is 37.5 Å². The van der Waals surface area contributed by atoms with Crippen molar-refractivity contribution in [1.82, 2.24) is 4.98 Å². The topological polar surface area (TPSA) is 12.9 Å². The molecule has 1 nitrogen and oxygen atoms in total. The van der Waals surface area contributed by atoms with Gasteiger partial charge in [0.1, 0.15) is 0 Å². The van der Waals surface area contributed by atoms with Gasteiger partial charge in [0.15, 0.2) is 8.07 Å². The van der Waals surface area contributed by atoms with Crippen LogP contribution in [0, 0.1) is 0 Å². The van der Waals surface area contributed by atoms with E-state index in [1.54, 1.807) is 0 Å². The van der Waals surface area contributed by atoms with Gasteiger partial charge in [0.25, 0.3) is 0 Å². The van der Waals surface area contributed by atoms with Crippen molar-refractivity contribution in [2.45, 2.75) is 0 Å². The predicted molar refractivity (Wildman–Crippen MR) is 317 cm³/mol. The lowest BCUT2D eigenvalue weighted by Crippen LogP contribution is -2.74. The van der Waals surface area contributed by atoms with E-state index in [-0.39, 0.29) is 0 Å². The van der Waals surface area contributed by atoms with Gasteiger partial charge < -0.3 is 0 Å². The number of hydrogen-bond donors (Lipinski definition) is 0. The van der Waals surface area contributed by atoms with Crippen LogP contribution < -0.4 is 20.7 Å². The molecule has 11 aromatic carbocycles. The second kappa shape index (κ2) is 17.1.